The van der Waals surface area contributed by atoms with Crippen molar-refractivity contribution >= 4 is 0 Å². The van der Waals surface area contributed by atoms with E-state index in [-0.39, 0.29) is 0 Å². The zero-order valence-electron chi connectivity index (χ0n) is 14.0. The fraction of sp³-hybridized carbons (Fsp3) is 0.455. The quantitative estimate of drug-likeness (QED) is 0.754. The lowest BCUT2D eigenvalue weighted by Gasteiger charge is -2.34. The molecule has 0 spiro atoms. The molecule has 0 bridgehead atoms. The van der Waals surface area contributed by atoms with Gasteiger partial charge in [0.15, 0.2) is 0 Å². The van der Waals surface area contributed by atoms with Gasteiger partial charge in [0, 0.05) is 12.1 Å². The average molecular weight is 305 g/mol. The fourth-order valence-electron chi connectivity index (χ4n) is 4.46. The lowest BCUT2D eigenvalue weighted by molar-refractivity contribution is 0.150. The molecule has 1 heteroatoms. The van der Waals surface area contributed by atoms with Crippen molar-refractivity contribution < 1.29 is 0 Å². The standard InChI is InChI=1S/C22H27N/c1-2-6-18(7-3-1)9-10-19-11-13-20(14-12-19)22-16-15-21-8-4-5-17-23(21)22/h1-3,6-7,11-14,21-22H,4-5,8-10,15-17H2. The third-order valence-corrected chi connectivity index (χ3v) is 5.76. The Balaban J connectivity index is 1.40. The first-order valence-electron chi connectivity index (χ1n) is 9.29. The maximum absolute atomic E-state index is 2.78. The highest BCUT2D eigenvalue weighted by molar-refractivity contribution is 5.27. The van der Waals surface area contributed by atoms with Gasteiger partial charge < -0.3 is 0 Å². The predicted octanol–water partition coefficient (Wildman–Crippen LogP) is 5.16. The second-order valence-corrected chi connectivity index (χ2v) is 7.21. The van der Waals surface area contributed by atoms with Gasteiger partial charge in [0.25, 0.3) is 0 Å². The third-order valence-electron chi connectivity index (χ3n) is 5.76. The van der Waals surface area contributed by atoms with Gasteiger partial charge in [0.05, 0.1) is 0 Å². The minimum Gasteiger partial charge on any atom is -0.293 e. The molecule has 0 radical (unpaired) electrons. The number of hydrogen-bond donors (Lipinski definition) is 0. The summed E-state index contributed by atoms with van der Waals surface area (Å²) in [5.41, 5.74) is 4.44. The number of fused-ring (bicyclic) bond motifs is 1. The van der Waals surface area contributed by atoms with Crippen LogP contribution in [0, 0.1) is 0 Å². The highest BCUT2D eigenvalue weighted by Gasteiger charge is 2.35. The summed E-state index contributed by atoms with van der Waals surface area (Å²) in [4.78, 5) is 2.78. The van der Waals surface area contributed by atoms with Crippen molar-refractivity contribution in [2.24, 2.45) is 0 Å². The topological polar surface area (TPSA) is 3.24 Å². The molecule has 4 rings (SSSR count). The van der Waals surface area contributed by atoms with E-state index in [1.54, 1.807) is 0 Å². The highest BCUT2D eigenvalue weighted by Crippen LogP contribution is 2.40. The summed E-state index contributed by atoms with van der Waals surface area (Å²) >= 11 is 0. The van der Waals surface area contributed by atoms with E-state index < -0.39 is 0 Å². The van der Waals surface area contributed by atoms with Gasteiger partial charge in [-0.05, 0) is 61.8 Å². The first-order valence-corrected chi connectivity index (χ1v) is 9.29. The molecule has 23 heavy (non-hydrogen) atoms. The number of hydrogen-bond acceptors (Lipinski definition) is 1. The largest absolute Gasteiger partial charge is 0.293 e. The van der Waals surface area contributed by atoms with E-state index in [2.05, 4.69) is 59.5 Å². The second-order valence-electron chi connectivity index (χ2n) is 7.21. The Morgan fingerprint density at radius 3 is 2.26 bits per heavy atom. The summed E-state index contributed by atoms with van der Waals surface area (Å²) in [6.07, 6.45) is 9.29. The van der Waals surface area contributed by atoms with Gasteiger partial charge in [-0.1, -0.05) is 61.0 Å². The number of piperidine rings is 1. The summed E-state index contributed by atoms with van der Waals surface area (Å²) in [5.74, 6) is 0. The molecule has 2 fully saturated rings. The lowest BCUT2D eigenvalue weighted by Crippen LogP contribution is -2.35. The van der Waals surface area contributed by atoms with Crippen LogP contribution in [0.5, 0.6) is 0 Å². The molecule has 0 N–H and O–H groups in total. The van der Waals surface area contributed by atoms with Gasteiger partial charge in [-0.15, -0.1) is 0 Å². The monoisotopic (exact) mass is 305 g/mol. The maximum Gasteiger partial charge on any atom is 0.0351 e. The van der Waals surface area contributed by atoms with Crippen LogP contribution in [0.2, 0.25) is 0 Å². The van der Waals surface area contributed by atoms with Crippen LogP contribution in [-0.4, -0.2) is 17.5 Å². The number of benzene rings is 2. The minimum atomic E-state index is 0.684. The zero-order chi connectivity index (χ0) is 15.5. The van der Waals surface area contributed by atoms with Crippen LogP contribution >= 0.6 is 0 Å². The Hall–Kier alpha value is -1.60. The molecule has 0 amide bonds. The SMILES string of the molecule is c1ccc(CCc2ccc(C3CCC4CCCCN43)cc2)cc1. The summed E-state index contributed by atoms with van der Waals surface area (Å²) in [6.45, 7) is 1.31. The van der Waals surface area contributed by atoms with Gasteiger partial charge >= 0.3 is 0 Å². The van der Waals surface area contributed by atoms with E-state index in [0.717, 1.165) is 18.9 Å². The van der Waals surface area contributed by atoms with Crippen LogP contribution < -0.4 is 0 Å². The van der Waals surface area contributed by atoms with E-state index in [1.165, 1.54) is 55.3 Å². The van der Waals surface area contributed by atoms with Gasteiger partial charge in [-0.2, -0.15) is 0 Å². The highest BCUT2D eigenvalue weighted by atomic mass is 15.2. The van der Waals surface area contributed by atoms with Gasteiger partial charge in [0.2, 0.25) is 0 Å². The molecule has 2 heterocycles. The smallest absolute Gasteiger partial charge is 0.0351 e. The molecule has 2 aliphatic heterocycles. The fourth-order valence-corrected chi connectivity index (χ4v) is 4.46. The van der Waals surface area contributed by atoms with Crippen molar-refractivity contribution in [3.8, 4) is 0 Å². The molecule has 0 aliphatic carbocycles. The van der Waals surface area contributed by atoms with Crippen LogP contribution in [0.25, 0.3) is 0 Å². The van der Waals surface area contributed by atoms with Crippen LogP contribution in [0.1, 0.15) is 54.8 Å². The minimum absolute atomic E-state index is 0.684. The molecule has 120 valence electrons. The van der Waals surface area contributed by atoms with Crippen molar-refractivity contribution in [3.05, 3.63) is 71.3 Å². The summed E-state index contributed by atoms with van der Waals surface area (Å²) in [5, 5.41) is 0. The first-order chi connectivity index (χ1) is 11.4. The van der Waals surface area contributed by atoms with Gasteiger partial charge in [-0.25, -0.2) is 0 Å². The molecule has 0 saturated carbocycles. The van der Waals surface area contributed by atoms with Gasteiger partial charge in [-0.3, -0.25) is 4.90 Å². The second kappa shape index (κ2) is 6.88. The van der Waals surface area contributed by atoms with Crippen LogP contribution in [-0.2, 0) is 12.8 Å². The van der Waals surface area contributed by atoms with Gasteiger partial charge in [0.1, 0.15) is 0 Å². The summed E-state index contributed by atoms with van der Waals surface area (Å²) < 4.78 is 0. The van der Waals surface area contributed by atoms with Crippen molar-refractivity contribution in [2.45, 2.75) is 57.0 Å². The van der Waals surface area contributed by atoms with Crippen molar-refractivity contribution in [1.82, 2.24) is 4.90 Å². The molecule has 2 unspecified atom stereocenters. The number of rotatable bonds is 4. The Morgan fingerprint density at radius 1 is 0.739 bits per heavy atom. The number of nitrogens with zero attached hydrogens (tertiary/aromatic N) is 1. The molecule has 1 nitrogen and oxygen atoms in total. The van der Waals surface area contributed by atoms with Crippen LogP contribution in [0.15, 0.2) is 54.6 Å². The van der Waals surface area contributed by atoms with E-state index in [0.29, 0.717) is 6.04 Å². The number of aryl methyl sites for hydroxylation is 2. The van der Waals surface area contributed by atoms with E-state index in [1.807, 2.05) is 0 Å². The van der Waals surface area contributed by atoms with E-state index in [9.17, 15) is 0 Å². The normalized spacial score (nSPS) is 24.5. The van der Waals surface area contributed by atoms with Crippen molar-refractivity contribution in [1.29, 1.82) is 0 Å². The van der Waals surface area contributed by atoms with Crippen LogP contribution in [0.3, 0.4) is 0 Å². The first kappa shape index (κ1) is 15.0. The zero-order valence-corrected chi connectivity index (χ0v) is 14.0. The van der Waals surface area contributed by atoms with E-state index >= 15 is 0 Å². The molecule has 0 aromatic heterocycles. The lowest BCUT2D eigenvalue weighted by atomic mass is 9.99. The van der Waals surface area contributed by atoms with E-state index in [4.69, 9.17) is 0 Å². The average Bonchev–Trinajstić information content (AvgIpc) is 3.05. The maximum atomic E-state index is 2.78. The third kappa shape index (κ3) is 3.35. The predicted molar refractivity (Wildman–Crippen MR) is 96.6 cm³/mol. The molecular weight excluding hydrogens is 278 g/mol. The molecular formula is C22H27N. The molecule has 2 aromatic rings. The van der Waals surface area contributed by atoms with Crippen LogP contribution in [0.4, 0.5) is 0 Å². The van der Waals surface area contributed by atoms with Crippen molar-refractivity contribution in [3.63, 3.8) is 0 Å². The summed E-state index contributed by atoms with van der Waals surface area (Å²) in [7, 11) is 0. The summed E-state index contributed by atoms with van der Waals surface area (Å²) in [6, 6.07) is 21.9. The molecule has 2 aliphatic rings. The molecule has 2 aromatic carbocycles. The van der Waals surface area contributed by atoms with Crippen molar-refractivity contribution in [2.75, 3.05) is 6.54 Å². The molecule has 2 atom stereocenters. The Labute approximate surface area is 140 Å². The Kier molecular flexibility index (Phi) is 4.48. The molecule has 2 saturated heterocycles. The Morgan fingerprint density at radius 2 is 1.48 bits per heavy atom. The Bertz CT molecular complexity index is 616.